The Morgan fingerprint density at radius 1 is 1.11 bits per heavy atom. The van der Waals surface area contributed by atoms with Gasteiger partial charge in [0.15, 0.2) is 11.6 Å². The molecule has 0 aromatic heterocycles. The quantitative estimate of drug-likeness (QED) is 0.890. The summed E-state index contributed by atoms with van der Waals surface area (Å²) >= 11 is 0. The Morgan fingerprint density at radius 2 is 1.89 bits per heavy atom. The molecule has 1 N–H and O–H groups in total. The maximum absolute atomic E-state index is 13.6. The number of hydrogen-bond acceptors (Lipinski definition) is 2. The van der Waals surface area contributed by atoms with Gasteiger partial charge in [0, 0.05) is 0 Å². The van der Waals surface area contributed by atoms with Gasteiger partial charge in [-0.3, -0.25) is 0 Å². The first-order chi connectivity index (χ1) is 9.29. The van der Waals surface area contributed by atoms with E-state index < -0.39 is 5.82 Å². The predicted molar refractivity (Wildman–Crippen MR) is 73.3 cm³/mol. The van der Waals surface area contributed by atoms with Gasteiger partial charge in [0.1, 0.15) is 6.61 Å². The molecule has 0 saturated carbocycles. The average molecular weight is 258 g/mol. The van der Waals surface area contributed by atoms with Gasteiger partial charge in [0.2, 0.25) is 0 Å². The molecule has 2 rings (SSSR count). The van der Waals surface area contributed by atoms with Crippen LogP contribution in [0.1, 0.15) is 11.1 Å². The fraction of sp³-hybridized carbons (Fsp3) is 0.125. The SMILES string of the molecule is OC/C=C/c1ccc(F)c(OCc2ccccc2)c1. The number of rotatable bonds is 5. The second-order valence-corrected chi connectivity index (χ2v) is 4.05. The highest BCUT2D eigenvalue weighted by Crippen LogP contribution is 2.20. The highest BCUT2D eigenvalue weighted by molar-refractivity contribution is 5.52. The van der Waals surface area contributed by atoms with Crippen molar-refractivity contribution in [2.24, 2.45) is 0 Å². The van der Waals surface area contributed by atoms with Crippen LogP contribution in [-0.4, -0.2) is 11.7 Å². The van der Waals surface area contributed by atoms with Crippen molar-refractivity contribution in [3.8, 4) is 5.75 Å². The van der Waals surface area contributed by atoms with Crippen LogP contribution in [0.5, 0.6) is 5.75 Å². The zero-order chi connectivity index (χ0) is 13.5. The van der Waals surface area contributed by atoms with Crippen LogP contribution < -0.4 is 4.74 Å². The number of hydrogen-bond donors (Lipinski definition) is 1. The number of benzene rings is 2. The molecule has 0 aliphatic carbocycles. The predicted octanol–water partition coefficient (Wildman–Crippen LogP) is 3.41. The second kappa shape index (κ2) is 6.71. The molecular formula is C16H15FO2. The topological polar surface area (TPSA) is 29.5 Å². The first-order valence-electron chi connectivity index (χ1n) is 6.03. The Balaban J connectivity index is 2.09. The molecule has 0 fully saturated rings. The summed E-state index contributed by atoms with van der Waals surface area (Å²) in [6.07, 6.45) is 3.31. The average Bonchev–Trinajstić information content (AvgIpc) is 2.46. The maximum Gasteiger partial charge on any atom is 0.165 e. The van der Waals surface area contributed by atoms with Crippen LogP contribution in [0.2, 0.25) is 0 Å². The lowest BCUT2D eigenvalue weighted by Crippen LogP contribution is -1.97. The molecule has 0 saturated heterocycles. The Labute approximate surface area is 111 Å². The summed E-state index contributed by atoms with van der Waals surface area (Å²) in [5, 5.41) is 8.71. The molecule has 0 aliphatic heterocycles. The summed E-state index contributed by atoms with van der Waals surface area (Å²) in [4.78, 5) is 0. The fourth-order valence-corrected chi connectivity index (χ4v) is 1.66. The van der Waals surface area contributed by atoms with Crippen molar-refractivity contribution < 1.29 is 14.2 Å². The minimum atomic E-state index is -0.392. The number of aliphatic hydroxyl groups is 1. The zero-order valence-electron chi connectivity index (χ0n) is 10.4. The van der Waals surface area contributed by atoms with Crippen molar-refractivity contribution in [1.82, 2.24) is 0 Å². The third kappa shape index (κ3) is 3.93. The van der Waals surface area contributed by atoms with Crippen molar-refractivity contribution in [3.63, 3.8) is 0 Å². The molecule has 0 radical (unpaired) electrons. The largest absolute Gasteiger partial charge is 0.486 e. The first-order valence-corrected chi connectivity index (χ1v) is 6.03. The van der Waals surface area contributed by atoms with Crippen molar-refractivity contribution >= 4 is 6.08 Å². The van der Waals surface area contributed by atoms with Gasteiger partial charge in [-0.05, 0) is 23.3 Å². The fourth-order valence-electron chi connectivity index (χ4n) is 1.66. The van der Waals surface area contributed by atoms with E-state index in [0.717, 1.165) is 11.1 Å². The van der Waals surface area contributed by atoms with E-state index in [4.69, 9.17) is 9.84 Å². The highest BCUT2D eigenvalue weighted by Gasteiger charge is 2.04. The van der Waals surface area contributed by atoms with Crippen LogP contribution in [0, 0.1) is 5.82 Å². The number of halogens is 1. The molecule has 3 heteroatoms. The van der Waals surface area contributed by atoms with E-state index in [1.165, 1.54) is 6.07 Å². The molecule has 0 atom stereocenters. The summed E-state index contributed by atoms with van der Waals surface area (Å²) in [7, 11) is 0. The summed E-state index contributed by atoms with van der Waals surface area (Å²) < 4.78 is 19.1. The zero-order valence-corrected chi connectivity index (χ0v) is 10.4. The highest BCUT2D eigenvalue weighted by atomic mass is 19.1. The van der Waals surface area contributed by atoms with E-state index in [1.54, 1.807) is 24.3 Å². The van der Waals surface area contributed by atoms with Gasteiger partial charge in [0.05, 0.1) is 6.61 Å². The van der Waals surface area contributed by atoms with Gasteiger partial charge in [-0.2, -0.15) is 0 Å². The Morgan fingerprint density at radius 3 is 2.63 bits per heavy atom. The monoisotopic (exact) mass is 258 g/mol. The Bertz CT molecular complexity index is 550. The van der Waals surface area contributed by atoms with Crippen molar-refractivity contribution in [2.45, 2.75) is 6.61 Å². The van der Waals surface area contributed by atoms with E-state index in [9.17, 15) is 4.39 Å². The van der Waals surface area contributed by atoms with Crippen molar-refractivity contribution in [1.29, 1.82) is 0 Å². The van der Waals surface area contributed by atoms with Gasteiger partial charge in [-0.15, -0.1) is 0 Å². The minimum Gasteiger partial charge on any atom is -0.486 e. The molecule has 0 heterocycles. The molecule has 0 aliphatic rings. The summed E-state index contributed by atoms with van der Waals surface area (Å²) in [5.74, 6) is -0.180. The van der Waals surface area contributed by atoms with Crippen LogP contribution in [0.15, 0.2) is 54.6 Å². The van der Waals surface area contributed by atoms with Crippen LogP contribution in [-0.2, 0) is 6.61 Å². The summed E-state index contributed by atoms with van der Waals surface area (Å²) in [6.45, 7) is 0.280. The standard InChI is InChI=1S/C16H15FO2/c17-15-9-8-13(7-4-10-18)11-16(15)19-12-14-5-2-1-3-6-14/h1-9,11,18H,10,12H2/b7-4+. The van der Waals surface area contributed by atoms with E-state index >= 15 is 0 Å². The lowest BCUT2D eigenvalue weighted by Gasteiger charge is -2.08. The van der Waals surface area contributed by atoms with E-state index in [-0.39, 0.29) is 12.4 Å². The molecule has 2 aromatic rings. The van der Waals surface area contributed by atoms with Gasteiger partial charge in [-0.25, -0.2) is 4.39 Å². The van der Waals surface area contributed by atoms with E-state index in [2.05, 4.69) is 0 Å². The third-order valence-electron chi connectivity index (χ3n) is 2.61. The lowest BCUT2D eigenvalue weighted by molar-refractivity contribution is 0.290. The van der Waals surface area contributed by atoms with E-state index in [1.807, 2.05) is 30.3 Å². The Hall–Kier alpha value is -2.13. The van der Waals surface area contributed by atoms with Crippen LogP contribution >= 0.6 is 0 Å². The molecule has 0 amide bonds. The molecule has 98 valence electrons. The third-order valence-corrected chi connectivity index (χ3v) is 2.61. The molecule has 0 spiro atoms. The Kier molecular flexibility index (Phi) is 4.70. The molecular weight excluding hydrogens is 243 g/mol. The number of ether oxygens (including phenoxy) is 1. The van der Waals surface area contributed by atoms with Gasteiger partial charge >= 0.3 is 0 Å². The molecule has 0 bridgehead atoms. The normalized spacial score (nSPS) is 10.8. The minimum absolute atomic E-state index is 0.0441. The first kappa shape index (κ1) is 13.3. The van der Waals surface area contributed by atoms with Gasteiger partial charge in [0.25, 0.3) is 0 Å². The van der Waals surface area contributed by atoms with Gasteiger partial charge in [-0.1, -0.05) is 48.6 Å². The summed E-state index contributed by atoms with van der Waals surface area (Å²) in [6, 6.07) is 14.2. The van der Waals surface area contributed by atoms with Gasteiger partial charge < -0.3 is 9.84 Å². The smallest absolute Gasteiger partial charge is 0.165 e. The second-order valence-electron chi connectivity index (χ2n) is 4.05. The molecule has 19 heavy (non-hydrogen) atoms. The molecule has 2 aromatic carbocycles. The summed E-state index contributed by atoms with van der Waals surface area (Å²) in [5.41, 5.74) is 1.77. The van der Waals surface area contributed by atoms with E-state index in [0.29, 0.717) is 6.61 Å². The lowest BCUT2D eigenvalue weighted by atomic mass is 10.2. The van der Waals surface area contributed by atoms with Crippen molar-refractivity contribution in [2.75, 3.05) is 6.61 Å². The number of aliphatic hydroxyl groups excluding tert-OH is 1. The molecule has 2 nitrogen and oxygen atoms in total. The van der Waals surface area contributed by atoms with Crippen LogP contribution in [0.4, 0.5) is 4.39 Å². The van der Waals surface area contributed by atoms with Crippen LogP contribution in [0.3, 0.4) is 0 Å². The van der Waals surface area contributed by atoms with Crippen LogP contribution in [0.25, 0.3) is 6.08 Å². The van der Waals surface area contributed by atoms with Crippen molar-refractivity contribution in [3.05, 3.63) is 71.6 Å². The molecule has 0 unspecified atom stereocenters. The maximum atomic E-state index is 13.6.